The number of benzene rings is 2. The van der Waals surface area contributed by atoms with Gasteiger partial charge in [0.2, 0.25) is 0 Å². The van der Waals surface area contributed by atoms with E-state index < -0.39 is 29.3 Å². The first-order valence-electron chi connectivity index (χ1n) is 7.59. The molecule has 138 valence electrons. The van der Waals surface area contributed by atoms with Crippen LogP contribution in [-0.2, 0) is 4.79 Å². The number of aromatic carboxylic acids is 2. The lowest BCUT2D eigenvalue weighted by Crippen LogP contribution is -2.17. The number of allylic oxidation sites excluding steroid dienone is 1. The molecule has 2 aromatic carbocycles. The Bertz CT molecular complexity index is 961. The van der Waals surface area contributed by atoms with E-state index >= 15 is 0 Å². The van der Waals surface area contributed by atoms with Gasteiger partial charge >= 0.3 is 11.9 Å². The summed E-state index contributed by atoms with van der Waals surface area (Å²) in [5.74, 6) is -3.85. The molecule has 0 radical (unpaired) electrons. The lowest BCUT2D eigenvalue weighted by molar-refractivity contribution is -0.113. The first-order valence-corrected chi connectivity index (χ1v) is 7.59. The summed E-state index contributed by atoms with van der Waals surface area (Å²) in [4.78, 5) is 34.8. The molecular weight excluding hydrogens is 354 g/mol. The van der Waals surface area contributed by atoms with Crippen LogP contribution in [0.3, 0.4) is 0 Å². The van der Waals surface area contributed by atoms with Crippen molar-refractivity contribution in [2.24, 2.45) is 10.2 Å². The molecule has 4 N–H and O–H groups in total. The number of carboxylic acid groups (broad SMARTS) is 2. The van der Waals surface area contributed by atoms with E-state index in [-0.39, 0.29) is 22.5 Å². The first kappa shape index (κ1) is 19.3. The van der Waals surface area contributed by atoms with Crippen molar-refractivity contribution in [2.45, 2.75) is 6.92 Å². The lowest BCUT2D eigenvalue weighted by atomic mass is 10.1. The highest BCUT2D eigenvalue weighted by molar-refractivity contribution is 6.07. The molecule has 0 spiro atoms. The van der Waals surface area contributed by atoms with Gasteiger partial charge in [-0.25, -0.2) is 9.59 Å². The molecule has 27 heavy (non-hydrogen) atoms. The second-order valence-corrected chi connectivity index (χ2v) is 5.26. The quantitative estimate of drug-likeness (QED) is 0.347. The van der Waals surface area contributed by atoms with E-state index in [1.54, 1.807) is 6.07 Å². The molecule has 0 unspecified atom stereocenters. The van der Waals surface area contributed by atoms with Gasteiger partial charge in [-0.15, -0.1) is 10.2 Å². The number of aliphatic hydroxyl groups excluding tert-OH is 1. The number of nitrogens with zero attached hydrogens (tertiary/aromatic N) is 2. The Morgan fingerprint density at radius 2 is 1.41 bits per heavy atom. The van der Waals surface area contributed by atoms with Crippen molar-refractivity contribution in [3.05, 3.63) is 71.1 Å². The minimum absolute atomic E-state index is 0.00915. The maximum atomic E-state index is 12.4. The van der Waals surface area contributed by atoms with E-state index in [9.17, 15) is 19.5 Å². The highest BCUT2D eigenvalue weighted by Gasteiger charge is 2.17. The van der Waals surface area contributed by atoms with Crippen LogP contribution in [0.25, 0.3) is 0 Å². The molecule has 2 rings (SSSR count). The monoisotopic (exact) mass is 369 g/mol. The zero-order chi connectivity index (χ0) is 20.0. The van der Waals surface area contributed by atoms with Crippen molar-refractivity contribution in [2.75, 3.05) is 5.32 Å². The molecule has 0 bridgehead atoms. The Labute approximate surface area is 153 Å². The van der Waals surface area contributed by atoms with Gasteiger partial charge in [-0.05, 0) is 31.2 Å². The number of carbonyl (C=O) groups excluding carboxylic acids is 1. The van der Waals surface area contributed by atoms with Crippen LogP contribution < -0.4 is 5.32 Å². The van der Waals surface area contributed by atoms with Crippen molar-refractivity contribution in [1.82, 2.24) is 0 Å². The molecule has 9 heteroatoms. The van der Waals surface area contributed by atoms with Gasteiger partial charge in [0.05, 0.1) is 16.8 Å². The number of azo groups is 1. The van der Waals surface area contributed by atoms with E-state index in [0.717, 1.165) is 0 Å². The maximum Gasteiger partial charge on any atom is 0.337 e. The topological polar surface area (TPSA) is 149 Å². The molecule has 0 fully saturated rings. The number of carboxylic acids is 2. The fourth-order valence-corrected chi connectivity index (χ4v) is 2.09. The Morgan fingerprint density at radius 1 is 0.852 bits per heavy atom. The molecule has 0 atom stereocenters. The van der Waals surface area contributed by atoms with Gasteiger partial charge in [-0.1, -0.05) is 24.3 Å². The molecule has 1 amide bonds. The van der Waals surface area contributed by atoms with E-state index in [2.05, 4.69) is 15.5 Å². The zero-order valence-corrected chi connectivity index (χ0v) is 14.1. The maximum absolute atomic E-state index is 12.4. The molecule has 0 saturated carbocycles. The van der Waals surface area contributed by atoms with Gasteiger partial charge in [-0.3, -0.25) is 4.79 Å². The Hall–Kier alpha value is -4.01. The Kier molecular flexibility index (Phi) is 6.00. The zero-order valence-electron chi connectivity index (χ0n) is 14.1. The number of para-hydroxylation sites is 1. The van der Waals surface area contributed by atoms with Crippen LogP contribution in [0.5, 0.6) is 0 Å². The second-order valence-electron chi connectivity index (χ2n) is 5.26. The van der Waals surface area contributed by atoms with Crippen LogP contribution in [0.2, 0.25) is 0 Å². The summed E-state index contributed by atoms with van der Waals surface area (Å²) >= 11 is 0. The molecular formula is C18H15N3O6. The van der Waals surface area contributed by atoms with Gasteiger partial charge in [0.1, 0.15) is 11.4 Å². The third-order valence-electron chi connectivity index (χ3n) is 3.36. The average Bonchev–Trinajstić information content (AvgIpc) is 2.62. The Morgan fingerprint density at radius 3 is 2.00 bits per heavy atom. The van der Waals surface area contributed by atoms with E-state index in [1.165, 1.54) is 49.4 Å². The fraction of sp³-hybridized carbons (Fsp3) is 0.0556. The number of hydrogen-bond donors (Lipinski definition) is 4. The molecule has 0 saturated heterocycles. The molecule has 0 aromatic heterocycles. The standard InChI is InChI=1S/C18H15N3O6/c1-10(22)15(21-20-14-9-5-3-7-12(14)18(26)27)16(23)19-13-8-4-2-6-11(13)17(24)25/h2-9,22H,1H3,(H,19,23)(H,24,25)(H,26,27). The highest BCUT2D eigenvalue weighted by atomic mass is 16.4. The van der Waals surface area contributed by atoms with Crippen LogP contribution in [-0.4, -0.2) is 33.2 Å². The number of hydrogen-bond acceptors (Lipinski definition) is 6. The predicted molar refractivity (Wildman–Crippen MR) is 95.3 cm³/mol. The summed E-state index contributed by atoms with van der Waals surface area (Å²) in [6.45, 7) is 1.19. The molecule has 9 nitrogen and oxygen atoms in total. The van der Waals surface area contributed by atoms with Crippen LogP contribution in [0.1, 0.15) is 27.6 Å². The summed E-state index contributed by atoms with van der Waals surface area (Å²) in [7, 11) is 0. The smallest absolute Gasteiger partial charge is 0.337 e. The van der Waals surface area contributed by atoms with Crippen LogP contribution >= 0.6 is 0 Å². The van der Waals surface area contributed by atoms with Crippen molar-refractivity contribution in [1.29, 1.82) is 0 Å². The number of carbonyl (C=O) groups is 3. The largest absolute Gasteiger partial charge is 0.510 e. The Balaban J connectivity index is 2.32. The third kappa shape index (κ3) is 4.75. The average molecular weight is 369 g/mol. The highest BCUT2D eigenvalue weighted by Crippen LogP contribution is 2.22. The number of nitrogens with one attached hydrogen (secondary N) is 1. The number of amides is 1. The molecule has 0 aliphatic rings. The minimum Gasteiger partial charge on any atom is -0.510 e. The molecule has 0 aliphatic carbocycles. The summed E-state index contributed by atoms with van der Waals surface area (Å²) in [6, 6.07) is 11.5. The van der Waals surface area contributed by atoms with Gasteiger partial charge in [0.15, 0.2) is 5.70 Å². The number of rotatable bonds is 6. The van der Waals surface area contributed by atoms with Crippen LogP contribution in [0.15, 0.2) is 70.2 Å². The normalized spacial score (nSPS) is 11.7. The summed E-state index contributed by atoms with van der Waals surface area (Å²) in [5.41, 5.74) is -0.769. The van der Waals surface area contributed by atoms with E-state index in [1.807, 2.05) is 0 Å². The van der Waals surface area contributed by atoms with Crippen LogP contribution in [0.4, 0.5) is 11.4 Å². The number of anilines is 1. The SMILES string of the molecule is CC(O)=C(N=Nc1ccccc1C(=O)O)C(=O)Nc1ccccc1C(=O)O. The molecule has 2 aromatic rings. The fourth-order valence-electron chi connectivity index (χ4n) is 2.09. The summed E-state index contributed by atoms with van der Waals surface area (Å²) in [5, 5.41) is 37.7. The summed E-state index contributed by atoms with van der Waals surface area (Å²) in [6.07, 6.45) is 0. The van der Waals surface area contributed by atoms with E-state index in [0.29, 0.717) is 0 Å². The van der Waals surface area contributed by atoms with Gasteiger partial charge in [0, 0.05) is 0 Å². The second kappa shape index (κ2) is 8.39. The minimum atomic E-state index is -1.24. The number of aliphatic hydroxyl groups is 1. The van der Waals surface area contributed by atoms with E-state index in [4.69, 9.17) is 10.2 Å². The van der Waals surface area contributed by atoms with Gasteiger partial charge in [0.25, 0.3) is 5.91 Å². The first-order chi connectivity index (χ1) is 12.8. The van der Waals surface area contributed by atoms with Crippen molar-refractivity contribution in [3.63, 3.8) is 0 Å². The summed E-state index contributed by atoms with van der Waals surface area (Å²) < 4.78 is 0. The van der Waals surface area contributed by atoms with Crippen molar-refractivity contribution in [3.8, 4) is 0 Å². The van der Waals surface area contributed by atoms with Gasteiger partial charge in [-0.2, -0.15) is 0 Å². The third-order valence-corrected chi connectivity index (χ3v) is 3.36. The van der Waals surface area contributed by atoms with Crippen molar-refractivity contribution >= 4 is 29.2 Å². The predicted octanol–water partition coefficient (Wildman–Crippen LogP) is 3.59. The molecule has 0 heterocycles. The van der Waals surface area contributed by atoms with Crippen LogP contribution in [0, 0.1) is 0 Å². The van der Waals surface area contributed by atoms with Crippen molar-refractivity contribution < 1.29 is 29.7 Å². The van der Waals surface area contributed by atoms with Gasteiger partial charge < -0.3 is 20.6 Å². The lowest BCUT2D eigenvalue weighted by Gasteiger charge is -2.08. The molecule has 0 aliphatic heterocycles.